The van der Waals surface area contributed by atoms with Crippen LogP contribution >= 0.6 is 0 Å². The molecule has 0 bridgehead atoms. The molecule has 8 heteroatoms. The fraction of sp³-hybridized carbons (Fsp3) is 0.833. The van der Waals surface area contributed by atoms with Gasteiger partial charge in [0.05, 0.1) is 0 Å². The Bertz CT molecular complexity index is 303. The number of carboxylic acids is 1. The van der Waals surface area contributed by atoms with E-state index < -0.39 is 27.8 Å². The van der Waals surface area contributed by atoms with Crippen molar-refractivity contribution >= 4 is 16.0 Å². The minimum absolute atomic E-state index is 0.0716. The molecule has 0 heterocycles. The molecular weight excluding hydrogens is 220 g/mol. The highest BCUT2D eigenvalue weighted by Crippen LogP contribution is 2.14. The molecule has 0 saturated carbocycles. The maximum atomic E-state index is 12.0. The van der Waals surface area contributed by atoms with Crippen LogP contribution in [0, 0.1) is 0 Å². The Balaban J connectivity index is 4.93. The molecule has 1 unspecified atom stereocenters. The number of rotatable bonds is 5. The average molecular weight is 231 g/mol. The molecule has 0 aromatic carbocycles. The van der Waals surface area contributed by atoms with Gasteiger partial charge in [-0.25, -0.2) is 8.42 Å². The Morgan fingerprint density at radius 3 is 2.14 bits per heavy atom. The lowest BCUT2D eigenvalue weighted by Crippen LogP contribution is -2.44. The van der Waals surface area contributed by atoms with Crippen LogP contribution in [0.15, 0.2) is 0 Å². The first-order valence-electron chi connectivity index (χ1n) is 3.73. The zero-order valence-electron chi connectivity index (χ0n) is 7.65. The number of carbonyl (C=O) groups is 1. The summed E-state index contributed by atoms with van der Waals surface area (Å²) >= 11 is 0. The summed E-state index contributed by atoms with van der Waals surface area (Å²) in [5.41, 5.74) is 0. The molecule has 84 valence electrons. The van der Waals surface area contributed by atoms with Gasteiger partial charge < -0.3 is 5.11 Å². The first-order valence-corrected chi connectivity index (χ1v) is 5.23. The van der Waals surface area contributed by atoms with Crippen LogP contribution in [0.4, 0.5) is 8.78 Å². The van der Waals surface area contributed by atoms with Gasteiger partial charge in [-0.1, -0.05) is 6.92 Å². The van der Waals surface area contributed by atoms with Gasteiger partial charge in [0.15, 0.2) is 0 Å². The highest BCUT2D eigenvalue weighted by atomic mass is 32.2. The number of alkyl halides is 2. The first-order chi connectivity index (χ1) is 6.25. The fourth-order valence-electron chi connectivity index (χ4n) is 0.890. The Hall–Kier alpha value is -0.760. The van der Waals surface area contributed by atoms with E-state index >= 15 is 0 Å². The lowest BCUT2D eigenvalue weighted by Gasteiger charge is -2.22. The van der Waals surface area contributed by atoms with Gasteiger partial charge in [-0.05, 0) is 6.42 Å². The molecular formula is C6H11F2NO4S. The van der Waals surface area contributed by atoms with Gasteiger partial charge >= 0.3 is 11.7 Å². The van der Waals surface area contributed by atoms with Gasteiger partial charge in [0.25, 0.3) is 10.0 Å². The molecule has 1 N–H and O–H groups in total. The van der Waals surface area contributed by atoms with Crippen LogP contribution in [0.3, 0.4) is 0 Å². The summed E-state index contributed by atoms with van der Waals surface area (Å²) in [7, 11) is -3.99. The monoisotopic (exact) mass is 231 g/mol. The molecule has 0 aliphatic rings. The van der Waals surface area contributed by atoms with E-state index in [1.165, 1.54) is 6.92 Å². The summed E-state index contributed by atoms with van der Waals surface area (Å²) in [4.78, 5) is 10.5. The number of halogens is 2. The summed E-state index contributed by atoms with van der Waals surface area (Å²) in [5, 5.41) is 8.54. The minimum atomic E-state index is -4.81. The largest absolute Gasteiger partial charge is 0.480 e. The van der Waals surface area contributed by atoms with Gasteiger partial charge in [-0.15, -0.1) is 0 Å². The molecule has 0 rings (SSSR count). The van der Waals surface area contributed by atoms with Crippen molar-refractivity contribution in [2.24, 2.45) is 0 Å². The molecule has 0 aliphatic carbocycles. The number of aliphatic carboxylic acids is 1. The Morgan fingerprint density at radius 2 is 1.93 bits per heavy atom. The van der Waals surface area contributed by atoms with Crippen LogP contribution in [0.1, 0.15) is 13.3 Å². The second kappa shape index (κ2) is 4.65. The summed E-state index contributed by atoms with van der Waals surface area (Å²) in [5.74, 6) is -5.04. The maximum Gasteiger partial charge on any atom is 0.350 e. The predicted octanol–water partition coefficient (Wildman–Crippen LogP) is 0.334. The van der Waals surface area contributed by atoms with E-state index in [-0.39, 0.29) is 10.7 Å². The summed E-state index contributed by atoms with van der Waals surface area (Å²) in [6.07, 6.45) is -0.0716. The fourth-order valence-corrected chi connectivity index (χ4v) is 1.74. The first kappa shape index (κ1) is 13.2. The van der Waals surface area contributed by atoms with Gasteiger partial charge in [0.2, 0.25) is 0 Å². The number of hydrogen-bond acceptors (Lipinski definition) is 3. The average Bonchev–Trinajstić information content (AvgIpc) is 2.04. The summed E-state index contributed by atoms with van der Waals surface area (Å²) in [6, 6.07) is -1.45. The molecule has 1 atom stereocenters. The van der Waals surface area contributed by atoms with Crippen molar-refractivity contribution in [3.63, 3.8) is 0 Å². The maximum absolute atomic E-state index is 12.0. The number of sulfonamides is 1. The highest BCUT2D eigenvalue weighted by Gasteiger charge is 2.36. The van der Waals surface area contributed by atoms with E-state index in [0.29, 0.717) is 0 Å². The Labute approximate surface area is 80.4 Å². The molecule has 0 aromatic heterocycles. The predicted molar refractivity (Wildman–Crippen MR) is 44.4 cm³/mol. The molecule has 14 heavy (non-hydrogen) atoms. The van der Waals surface area contributed by atoms with Gasteiger partial charge in [0, 0.05) is 7.05 Å². The van der Waals surface area contributed by atoms with Crippen LogP contribution in [-0.2, 0) is 14.8 Å². The van der Waals surface area contributed by atoms with Crippen molar-refractivity contribution in [2.45, 2.75) is 25.1 Å². The molecule has 0 spiro atoms. The second-order valence-corrected chi connectivity index (χ2v) is 4.55. The molecule has 0 aliphatic heterocycles. The molecule has 5 nitrogen and oxygen atoms in total. The molecule has 0 aromatic rings. The lowest BCUT2D eigenvalue weighted by molar-refractivity contribution is -0.141. The van der Waals surface area contributed by atoms with Crippen molar-refractivity contribution in [1.29, 1.82) is 0 Å². The number of hydrogen-bond donors (Lipinski definition) is 1. The molecule has 0 radical (unpaired) electrons. The van der Waals surface area contributed by atoms with E-state index in [9.17, 15) is 22.0 Å². The third-order valence-electron chi connectivity index (χ3n) is 1.74. The van der Waals surface area contributed by atoms with Crippen LogP contribution in [0.25, 0.3) is 0 Å². The number of likely N-dealkylation sites (N-methyl/N-ethyl adjacent to an activating group) is 1. The minimum Gasteiger partial charge on any atom is -0.480 e. The smallest absolute Gasteiger partial charge is 0.350 e. The number of carboxylic acid groups (broad SMARTS) is 1. The third kappa shape index (κ3) is 2.61. The topological polar surface area (TPSA) is 74.7 Å². The number of nitrogens with zero attached hydrogens (tertiary/aromatic N) is 1. The van der Waals surface area contributed by atoms with Crippen LogP contribution in [-0.4, -0.2) is 42.6 Å². The lowest BCUT2D eigenvalue weighted by atomic mass is 10.2. The van der Waals surface area contributed by atoms with E-state index in [0.717, 1.165) is 7.05 Å². The highest BCUT2D eigenvalue weighted by molar-refractivity contribution is 7.89. The quantitative estimate of drug-likeness (QED) is 0.740. The van der Waals surface area contributed by atoms with E-state index in [1.807, 2.05) is 0 Å². The van der Waals surface area contributed by atoms with E-state index in [1.54, 1.807) is 0 Å². The Morgan fingerprint density at radius 1 is 1.50 bits per heavy atom. The van der Waals surface area contributed by atoms with Gasteiger partial charge in [0.1, 0.15) is 6.04 Å². The SMILES string of the molecule is CCC(C(=O)O)N(C)S(=O)(=O)C(F)F. The van der Waals surface area contributed by atoms with Crippen molar-refractivity contribution in [3.05, 3.63) is 0 Å². The summed E-state index contributed by atoms with van der Waals surface area (Å²) in [6.45, 7) is 1.40. The van der Waals surface area contributed by atoms with Crippen molar-refractivity contribution in [2.75, 3.05) is 7.05 Å². The second-order valence-electron chi connectivity index (χ2n) is 2.58. The molecule has 0 saturated heterocycles. The third-order valence-corrected chi connectivity index (χ3v) is 3.24. The molecule has 0 fully saturated rings. The van der Waals surface area contributed by atoms with Gasteiger partial charge in [-0.3, -0.25) is 4.79 Å². The van der Waals surface area contributed by atoms with E-state index in [4.69, 9.17) is 5.11 Å². The normalized spacial score (nSPS) is 14.7. The zero-order chi connectivity index (χ0) is 11.5. The van der Waals surface area contributed by atoms with Crippen molar-refractivity contribution in [3.8, 4) is 0 Å². The van der Waals surface area contributed by atoms with Crippen molar-refractivity contribution < 1.29 is 27.1 Å². The van der Waals surface area contributed by atoms with Crippen LogP contribution < -0.4 is 0 Å². The van der Waals surface area contributed by atoms with Crippen LogP contribution in [0.2, 0.25) is 0 Å². The van der Waals surface area contributed by atoms with Gasteiger partial charge in [-0.2, -0.15) is 13.1 Å². The van der Waals surface area contributed by atoms with Crippen molar-refractivity contribution in [1.82, 2.24) is 4.31 Å². The Kier molecular flexibility index (Phi) is 4.40. The molecule has 0 amide bonds. The van der Waals surface area contributed by atoms with Crippen LogP contribution in [0.5, 0.6) is 0 Å². The zero-order valence-corrected chi connectivity index (χ0v) is 8.46. The van der Waals surface area contributed by atoms with E-state index in [2.05, 4.69) is 0 Å². The standard InChI is InChI=1S/C6H11F2NO4S/c1-3-4(5(10)11)9(2)14(12,13)6(7)8/h4,6H,3H2,1-2H3,(H,10,11). The summed E-state index contributed by atoms with van der Waals surface area (Å²) < 4.78 is 45.9.